The summed E-state index contributed by atoms with van der Waals surface area (Å²) in [7, 11) is 0. The number of amides is 1. The molecule has 1 amide bonds. The first kappa shape index (κ1) is 15.0. The minimum atomic E-state index is -0.358. The molecule has 2 atom stereocenters. The number of carbonyl (C=O) groups excluding carboxylic acids is 1. The zero-order valence-electron chi connectivity index (χ0n) is 12.7. The van der Waals surface area contributed by atoms with Gasteiger partial charge in [0.2, 0.25) is 0 Å². The summed E-state index contributed by atoms with van der Waals surface area (Å²) in [5.74, 6) is -0.233. The fourth-order valence-corrected chi connectivity index (χ4v) is 3.27. The van der Waals surface area contributed by atoms with Crippen molar-refractivity contribution in [2.45, 2.75) is 44.7 Å². The molecule has 118 valence electrons. The van der Waals surface area contributed by atoms with Crippen LogP contribution in [0.25, 0.3) is 11.0 Å². The van der Waals surface area contributed by atoms with Crippen LogP contribution < -0.4 is 5.73 Å². The summed E-state index contributed by atoms with van der Waals surface area (Å²) in [6.07, 6.45) is 3.86. The van der Waals surface area contributed by atoms with Crippen LogP contribution in [0, 0.1) is 5.82 Å². The third-order valence-electron chi connectivity index (χ3n) is 4.38. The van der Waals surface area contributed by atoms with Gasteiger partial charge in [-0.25, -0.2) is 9.37 Å². The summed E-state index contributed by atoms with van der Waals surface area (Å²) >= 11 is 0. The van der Waals surface area contributed by atoms with Gasteiger partial charge in [0.25, 0.3) is 5.91 Å². The van der Waals surface area contributed by atoms with Crippen molar-refractivity contribution >= 4 is 16.9 Å². The van der Waals surface area contributed by atoms with E-state index in [9.17, 15) is 9.18 Å². The summed E-state index contributed by atoms with van der Waals surface area (Å²) in [6.45, 7) is 2.57. The van der Waals surface area contributed by atoms with Crippen molar-refractivity contribution in [3.63, 3.8) is 0 Å². The number of rotatable bonds is 3. The Morgan fingerprint density at radius 2 is 2.32 bits per heavy atom. The largest absolute Gasteiger partial charge is 0.334 e. The van der Waals surface area contributed by atoms with Crippen molar-refractivity contribution in [3.8, 4) is 0 Å². The van der Waals surface area contributed by atoms with Gasteiger partial charge in [-0.2, -0.15) is 0 Å². The lowest BCUT2D eigenvalue weighted by Gasteiger charge is -2.35. The van der Waals surface area contributed by atoms with E-state index in [0.717, 1.165) is 25.7 Å². The first-order valence-electron chi connectivity index (χ1n) is 7.80. The summed E-state index contributed by atoms with van der Waals surface area (Å²) in [5, 5.41) is 0. The van der Waals surface area contributed by atoms with Gasteiger partial charge in [-0.1, -0.05) is 0 Å². The van der Waals surface area contributed by atoms with Crippen LogP contribution in [0.15, 0.2) is 18.2 Å². The topological polar surface area (TPSA) is 75.0 Å². The molecule has 22 heavy (non-hydrogen) atoms. The first-order chi connectivity index (χ1) is 10.6. The highest BCUT2D eigenvalue weighted by Gasteiger charge is 2.29. The molecule has 0 spiro atoms. The van der Waals surface area contributed by atoms with Crippen LogP contribution in [0.1, 0.15) is 43.2 Å². The lowest BCUT2D eigenvalue weighted by molar-refractivity contribution is 0.0627. The fourth-order valence-electron chi connectivity index (χ4n) is 3.27. The Morgan fingerprint density at radius 1 is 1.50 bits per heavy atom. The number of hydrogen-bond acceptors (Lipinski definition) is 3. The van der Waals surface area contributed by atoms with E-state index >= 15 is 0 Å². The normalized spacial score (nSPS) is 22.0. The maximum atomic E-state index is 13.2. The van der Waals surface area contributed by atoms with Gasteiger partial charge >= 0.3 is 0 Å². The average molecular weight is 304 g/mol. The van der Waals surface area contributed by atoms with Gasteiger partial charge in [0.15, 0.2) is 5.82 Å². The Kier molecular flexibility index (Phi) is 4.11. The summed E-state index contributed by atoms with van der Waals surface area (Å²) < 4.78 is 13.2. The van der Waals surface area contributed by atoms with Gasteiger partial charge < -0.3 is 15.6 Å². The predicted molar refractivity (Wildman–Crippen MR) is 83.0 cm³/mol. The molecule has 1 aliphatic carbocycles. The molecule has 3 rings (SSSR count). The number of aromatic amines is 1. The Hall–Kier alpha value is -1.95. The molecule has 1 aromatic carbocycles. The number of nitrogens with one attached hydrogen (secondary N) is 1. The summed E-state index contributed by atoms with van der Waals surface area (Å²) in [6, 6.07) is 4.60. The smallest absolute Gasteiger partial charge is 0.289 e. The molecule has 6 heteroatoms. The zero-order chi connectivity index (χ0) is 15.7. The molecule has 0 unspecified atom stereocenters. The number of nitrogens with zero attached hydrogens (tertiary/aromatic N) is 2. The second-order valence-electron chi connectivity index (χ2n) is 5.92. The highest BCUT2D eigenvalue weighted by Crippen LogP contribution is 2.23. The quantitative estimate of drug-likeness (QED) is 0.914. The van der Waals surface area contributed by atoms with Crippen molar-refractivity contribution < 1.29 is 9.18 Å². The van der Waals surface area contributed by atoms with Crippen LogP contribution in [0.3, 0.4) is 0 Å². The number of fused-ring (bicyclic) bond motifs is 1. The maximum Gasteiger partial charge on any atom is 0.289 e. The first-order valence-corrected chi connectivity index (χ1v) is 7.80. The summed E-state index contributed by atoms with van der Waals surface area (Å²) in [4.78, 5) is 21.8. The van der Waals surface area contributed by atoms with Crippen molar-refractivity contribution in [1.29, 1.82) is 0 Å². The van der Waals surface area contributed by atoms with Gasteiger partial charge in [0.05, 0.1) is 11.0 Å². The van der Waals surface area contributed by atoms with Gasteiger partial charge in [0, 0.05) is 24.7 Å². The van der Waals surface area contributed by atoms with E-state index in [1.165, 1.54) is 12.1 Å². The summed E-state index contributed by atoms with van der Waals surface area (Å²) in [5.41, 5.74) is 7.17. The molecule has 5 nitrogen and oxygen atoms in total. The molecule has 1 fully saturated rings. The van der Waals surface area contributed by atoms with E-state index in [4.69, 9.17) is 5.73 Å². The minimum absolute atomic E-state index is 0.141. The molecule has 0 saturated heterocycles. The number of aromatic nitrogens is 2. The lowest BCUT2D eigenvalue weighted by Crippen LogP contribution is -2.45. The van der Waals surface area contributed by atoms with E-state index in [2.05, 4.69) is 9.97 Å². The van der Waals surface area contributed by atoms with Gasteiger partial charge in [-0.3, -0.25) is 4.79 Å². The SMILES string of the molecule is CCN(C(=O)c1nc2cc(F)ccc2[nH]1)[C@H]1CCC[C@@H](N)C1. The highest BCUT2D eigenvalue weighted by atomic mass is 19.1. The fraction of sp³-hybridized carbons (Fsp3) is 0.500. The lowest BCUT2D eigenvalue weighted by atomic mass is 9.90. The Balaban J connectivity index is 1.85. The number of benzene rings is 1. The third kappa shape index (κ3) is 2.83. The zero-order valence-corrected chi connectivity index (χ0v) is 12.7. The van der Waals surface area contributed by atoms with E-state index in [1.807, 2.05) is 11.8 Å². The van der Waals surface area contributed by atoms with E-state index < -0.39 is 0 Å². The van der Waals surface area contributed by atoms with Crippen molar-refractivity contribution in [1.82, 2.24) is 14.9 Å². The maximum absolute atomic E-state index is 13.2. The van der Waals surface area contributed by atoms with E-state index in [-0.39, 0.29) is 29.6 Å². The standard InChI is InChI=1S/C16H21FN4O/c1-2-21(12-5-3-4-11(18)9-12)16(22)15-19-13-7-6-10(17)8-14(13)20-15/h6-8,11-12H,2-5,9,18H2,1H3,(H,19,20)/t11-,12+/m1/s1. The second kappa shape index (κ2) is 6.04. The molecular weight excluding hydrogens is 283 g/mol. The van der Waals surface area contributed by atoms with Gasteiger partial charge in [-0.05, 0) is 44.7 Å². The molecule has 1 aromatic heterocycles. The molecule has 0 bridgehead atoms. The monoisotopic (exact) mass is 304 g/mol. The third-order valence-corrected chi connectivity index (χ3v) is 4.38. The van der Waals surface area contributed by atoms with Crippen LogP contribution in [0.2, 0.25) is 0 Å². The predicted octanol–water partition coefficient (Wildman–Crippen LogP) is 2.43. The molecule has 1 saturated carbocycles. The van der Waals surface area contributed by atoms with Crippen molar-refractivity contribution in [2.24, 2.45) is 5.73 Å². The number of H-pyrrole nitrogens is 1. The van der Waals surface area contributed by atoms with Crippen molar-refractivity contribution in [2.75, 3.05) is 6.54 Å². The van der Waals surface area contributed by atoms with Crippen LogP contribution >= 0.6 is 0 Å². The Labute approximate surface area is 128 Å². The van der Waals surface area contributed by atoms with Gasteiger partial charge in [-0.15, -0.1) is 0 Å². The van der Waals surface area contributed by atoms with Crippen LogP contribution in [-0.4, -0.2) is 39.4 Å². The second-order valence-corrected chi connectivity index (χ2v) is 5.92. The van der Waals surface area contributed by atoms with Crippen LogP contribution in [0.4, 0.5) is 4.39 Å². The molecule has 3 N–H and O–H groups in total. The molecule has 2 aromatic rings. The number of imidazole rings is 1. The van der Waals surface area contributed by atoms with Gasteiger partial charge in [0.1, 0.15) is 5.82 Å². The minimum Gasteiger partial charge on any atom is -0.334 e. The number of carbonyl (C=O) groups is 1. The van der Waals surface area contributed by atoms with E-state index in [1.54, 1.807) is 6.07 Å². The van der Waals surface area contributed by atoms with Crippen molar-refractivity contribution in [3.05, 3.63) is 29.8 Å². The molecular formula is C16H21FN4O. The Morgan fingerprint density at radius 3 is 3.05 bits per heavy atom. The number of hydrogen-bond donors (Lipinski definition) is 2. The van der Waals surface area contributed by atoms with Crippen LogP contribution in [0.5, 0.6) is 0 Å². The number of halogens is 1. The average Bonchev–Trinajstić information content (AvgIpc) is 2.91. The highest BCUT2D eigenvalue weighted by molar-refractivity contribution is 5.94. The number of nitrogens with two attached hydrogens (primary N) is 1. The van der Waals surface area contributed by atoms with E-state index in [0.29, 0.717) is 17.6 Å². The molecule has 1 heterocycles. The molecule has 0 aliphatic heterocycles. The molecule has 1 aliphatic rings. The van der Waals surface area contributed by atoms with Crippen LogP contribution in [-0.2, 0) is 0 Å². The Bertz CT molecular complexity index is 684. The molecule has 0 radical (unpaired) electrons.